The summed E-state index contributed by atoms with van der Waals surface area (Å²) >= 11 is 12.9. The smallest absolute Gasteiger partial charge is 0.155 e. The molecule has 2 aromatic carbocycles. The number of hydrogen-bond donors (Lipinski definition) is 0. The molecule has 0 aliphatic carbocycles. The molecule has 0 saturated heterocycles. The summed E-state index contributed by atoms with van der Waals surface area (Å²) in [4.78, 5) is 2.22. The number of nitrogens with zero attached hydrogens (tertiary/aromatic N) is 3. The highest BCUT2D eigenvalue weighted by molar-refractivity contribution is 8.55. The number of hydrogen-bond acceptors (Lipinski definition) is 4. The second-order valence-corrected chi connectivity index (χ2v) is 12.3. The zero-order valence-corrected chi connectivity index (χ0v) is 16.8. The molecule has 2 aromatic rings. The average Bonchev–Trinajstić information content (AvgIpc) is 3.00. The monoisotopic (exact) mass is 387 g/mol. The predicted molar refractivity (Wildman–Crippen MR) is 112 cm³/mol. The standard InChI is InChI=1S/C19H19ClN3PS/c1-19(2)15-11-7-8-12-16(15)22(3)18(19)17-13-21-23(24(17,20)25)14-9-5-4-6-10-14/h4-13H,1-3H3/b18-17+. The summed E-state index contributed by atoms with van der Waals surface area (Å²) in [5.74, 6) is -2.53. The first-order valence-electron chi connectivity index (χ1n) is 8.13. The fraction of sp³-hybridized carbons (Fsp3) is 0.211. The normalized spacial score (nSPS) is 27.1. The zero-order valence-electron chi connectivity index (χ0n) is 14.3. The number of fused-ring (bicyclic) bond motifs is 1. The van der Waals surface area contributed by atoms with Crippen molar-refractivity contribution in [3.05, 3.63) is 71.2 Å². The highest BCUT2D eigenvalue weighted by Gasteiger charge is 2.49. The van der Waals surface area contributed by atoms with Crippen LogP contribution in [0.5, 0.6) is 0 Å². The molecule has 4 rings (SSSR count). The summed E-state index contributed by atoms with van der Waals surface area (Å²) in [7, 11) is 2.08. The predicted octanol–water partition coefficient (Wildman–Crippen LogP) is 5.68. The van der Waals surface area contributed by atoms with E-state index in [0.29, 0.717) is 0 Å². The number of allylic oxidation sites excluding steroid dienone is 2. The zero-order chi connectivity index (χ0) is 17.8. The largest absolute Gasteiger partial charge is 0.505 e. The molecule has 6 heteroatoms. The van der Waals surface area contributed by atoms with Gasteiger partial charge in [0, 0.05) is 18.2 Å². The molecule has 1 atom stereocenters. The van der Waals surface area contributed by atoms with E-state index in [2.05, 4.69) is 55.2 Å². The van der Waals surface area contributed by atoms with Crippen molar-refractivity contribution >= 4 is 47.0 Å². The molecule has 0 fully saturated rings. The molecule has 25 heavy (non-hydrogen) atoms. The topological polar surface area (TPSA) is 18.8 Å². The summed E-state index contributed by atoms with van der Waals surface area (Å²) < 4.78 is 1.82. The Morgan fingerprint density at radius 2 is 1.68 bits per heavy atom. The number of hydrazone groups is 1. The summed E-state index contributed by atoms with van der Waals surface area (Å²) in [6, 6.07) is 18.4. The average molecular weight is 388 g/mol. The second kappa shape index (κ2) is 5.77. The van der Waals surface area contributed by atoms with E-state index < -0.39 is 5.97 Å². The minimum atomic E-state index is -2.53. The summed E-state index contributed by atoms with van der Waals surface area (Å²) in [5, 5.41) is 5.55. The van der Waals surface area contributed by atoms with Gasteiger partial charge in [-0.1, -0.05) is 36.4 Å². The van der Waals surface area contributed by atoms with E-state index in [1.165, 1.54) is 11.3 Å². The minimum Gasteiger partial charge on any atom is -0.505 e. The Kier molecular flexibility index (Phi) is 3.91. The van der Waals surface area contributed by atoms with Gasteiger partial charge in [0.05, 0.1) is 28.8 Å². The van der Waals surface area contributed by atoms with Crippen molar-refractivity contribution < 1.29 is 0 Å². The van der Waals surface area contributed by atoms with E-state index in [1.807, 2.05) is 41.3 Å². The van der Waals surface area contributed by atoms with Gasteiger partial charge in [-0.3, -0.25) is 0 Å². The lowest BCUT2D eigenvalue weighted by Gasteiger charge is -2.32. The number of rotatable bonds is 1. The van der Waals surface area contributed by atoms with Crippen LogP contribution in [0.4, 0.5) is 11.4 Å². The van der Waals surface area contributed by atoms with E-state index >= 15 is 0 Å². The van der Waals surface area contributed by atoms with Crippen molar-refractivity contribution in [2.45, 2.75) is 19.3 Å². The number of anilines is 2. The summed E-state index contributed by atoms with van der Waals surface area (Å²) in [6.45, 7) is 4.45. The fourth-order valence-electron chi connectivity index (χ4n) is 3.77. The molecule has 0 N–H and O–H groups in total. The van der Waals surface area contributed by atoms with Crippen LogP contribution < -0.4 is 9.68 Å². The van der Waals surface area contributed by atoms with E-state index in [1.54, 1.807) is 0 Å². The Morgan fingerprint density at radius 3 is 2.36 bits per heavy atom. The third kappa shape index (κ3) is 2.43. The van der Waals surface area contributed by atoms with Crippen molar-refractivity contribution in [2.24, 2.45) is 5.10 Å². The van der Waals surface area contributed by atoms with Gasteiger partial charge < -0.3 is 17.1 Å². The van der Waals surface area contributed by atoms with Crippen molar-refractivity contribution in [2.75, 3.05) is 16.7 Å². The van der Waals surface area contributed by atoms with Gasteiger partial charge in [0.25, 0.3) is 0 Å². The number of halogens is 1. The number of para-hydroxylation sites is 2. The van der Waals surface area contributed by atoms with Gasteiger partial charge in [0.1, 0.15) is 5.97 Å². The highest BCUT2D eigenvalue weighted by Crippen LogP contribution is 2.76. The van der Waals surface area contributed by atoms with Crippen LogP contribution >= 0.6 is 17.2 Å². The van der Waals surface area contributed by atoms with Gasteiger partial charge in [-0.05, 0) is 37.6 Å². The van der Waals surface area contributed by atoms with Crippen LogP contribution in [0.15, 0.2) is 70.7 Å². The van der Waals surface area contributed by atoms with Gasteiger partial charge in [0.15, 0.2) is 5.31 Å². The quantitative estimate of drug-likeness (QED) is 0.463. The Bertz CT molecular complexity index is 893. The SMILES string of the molecule is CN1/C(=C2\C=NN(c3ccccc3)[P+]2([S-])Cl)C(C)(C)c2ccccc21. The lowest BCUT2D eigenvalue weighted by molar-refractivity contribution is 0.640. The van der Waals surface area contributed by atoms with Gasteiger partial charge in [-0.15, -0.1) is 9.88 Å². The summed E-state index contributed by atoms with van der Waals surface area (Å²) in [6.07, 6.45) is 1.86. The van der Waals surface area contributed by atoms with E-state index in [0.717, 1.165) is 16.7 Å². The maximum atomic E-state index is 6.99. The van der Waals surface area contributed by atoms with E-state index in [9.17, 15) is 0 Å². The molecule has 0 aromatic heterocycles. The first-order chi connectivity index (χ1) is 11.8. The van der Waals surface area contributed by atoms with Crippen molar-refractivity contribution in [1.82, 2.24) is 0 Å². The molecule has 0 saturated carbocycles. The Morgan fingerprint density at radius 1 is 1.04 bits per heavy atom. The van der Waals surface area contributed by atoms with Crippen LogP contribution in [0, 0.1) is 0 Å². The second-order valence-electron chi connectivity index (χ2n) is 6.81. The number of likely N-dealkylation sites (N-methyl/N-ethyl adjacent to an activating group) is 1. The molecule has 0 spiro atoms. The van der Waals surface area contributed by atoms with Crippen LogP contribution in [0.25, 0.3) is 0 Å². The first kappa shape index (κ1) is 17.0. The molecule has 0 bridgehead atoms. The Hall–Kier alpha value is -1.48. The molecular formula is C19H19ClN3PS. The molecule has 3 nitrogen and oxygen atoms in total. The van der Waals surface area contributed by atoms with E-state index in [-0.39, 0.29) is 5.41 Å². The molecule has 0 radical (unpaired) electrons. The van der Waals surface area contributed by atoms with Gasteiger partial charge in [0.2, 0.25) is 0 Å². The maximum Gasteiger partial charge on any atom is 0.155 e. The van der Waals surface area contributed by atoms with Crippen molar-refractivity contribution in [1.29, 1.82) is 0 Å². The molecule has 2 aliphatic rings. The van der Waals surface area contributed by atoms with Gasteiger partial charge in [-0.25, -0.2) is 0 Å². The minimum absolute atomic E-state index is 0.168. The molecule has 2 aliphatic heterocycles. The van der Waals surface area contributed by atoms with Crippen molar-refractivity contribution in [3.63, 3.8) is 0 Å². The van der Waals surface area contributed by atoms with Crippen LogP contribution in [0.3, 0.4) is 0 Å². The fourth-order valence-corrected chi connectivity index (χ4v) is 7.04. The van der Waals surface area contributed by atoms with Crippen LogP contribution in [0.1, 0.15) is 19.4 Å². The van der Waals surface area contributed by atoms with Crippen LogP contribution in [-0.4, -0.2) is 13.3 Å². The summed E-state index contributed by atoms with van der Waals surface area (Å²) in [5.41, 5.74) is 4.41. The molecular weight excluding hydrogens is 369 g/mol. The van der Waals surface area contributed by atoms with Crippen molar-refractivity contribution in [3.8, 4) is 0 Å². The van der Waals surface area contributed by atoms with Gasteiger partial charge in [-0.2, -0.15) is 0 Å². The molecule has 0 amide bonds. The van der Waals surface area contributed by atoms with E-state index in [4.69, 9.17) is 23.5 Å². The first-order valence-corrected chi connectivity index (χ1v) is 11.8. The highest BCUT2D eigenvalue weighted by atomic mass is 35.7. The lowest BCUT2D eigenvalue weighted by Crippen LogP contribution is -2.25. The Balaban J connectivity index is 1.86. The van der Waals surface area contributed by atoms with Crippen LogP contribution in [0.2, 0.25) is 0 Å². The Labute approximate surface area is 159 Å². The maximum absolute atomic E-state index is 6.99. The van der Waals surface area contributed by atoms with Crippen LogP contribution in [-0.2, 0) is 17.7 Å². The third-order valence-corrected chi connectivity index (χ3v) is 8.70. The molecule has 2 heterocycles. The molecule has 1 unspecified atom stereocenters. The lowest BCUT2D eigenvalue weighted by atomic mass is 9.84. The van der Waals surface area contributed by atoms with Gasteiger partial charge >= 0.3 is 0 Å². The molecule has 128 valence electrons. The number of benzene rings is 2. The third-order valence-electron chi connectivity index (χ3n) is 4.93.